The van der Waals surface area contributed by atoms with Gasteiger partial charge in [0, 0.05) is 37.9 Å². The number of hydrazine groups is 1. The number of amides is 1. The van der Waals surface area contributed by atoms with E-state index in [4.69, 9.17) is 16.3 Å². The molecule has 1 saturated heterocycles. The Morgan fingerprint density at radius 3 is 2.85 bits per heavy atom. The highest BCUT2D eigenvalue weighted by Gasteiger charge is 2.14. The van der Waals surface area contributed by atoms with Gasteiger partial charge in [0.1, 0.15) is 5.82 Å². The normalized spacial score (nSPS) is 15.8. The Kier molecular flexibility index (Phi) is 5.67. The molecule has 3 rings (SSSR count). The number of benzene rings is 1. The van der Waals surface area contributed by atoms with Gasteiger partial charge in [0.15, 0.2) is 0 Å². The molecule has 0 spiro atoms. The smallest absolute Gasteiger partial charge is 0.239 e. The molecule has 8 heteroatoms. The summed E-state index contributed by atoms with van der Waals surface area (Å²) < 4.78 is 5.29. The predicted octanol–water partition coefficient (Wildman–Crippen LogP) is 0.568. The lowest BCUT2D eigenvalue weighted by molar-refractivity contribution is -0.118. The second-order valence-corrected chi connectivity index (χ2v) is 6.32. The van der Waals surface area contributed by atoms with E-state index in [0.29, 0.717) is 31.3 Å². The zero-order chi connectivity index (χ0) is 18.5. The number of ether oxygens (including phenoxy) is 1. The molecule has 1 aromatic carbocycles. The third-order valence-corrected chi connectivity index (χ3v) is 4.14. The first-order chi connectivity index (χ1) is 12.5. The van der Waals surface area contributed by atoms with Gasteiger partial charge in [-0.25, -0.2) is 10.8 Å². The van der Waals surface area contributed by atoms with E-state index in [0.717, 1.165) is 29.4 Å². The molecule has 5 N–H and O–H groups in total. The fraction of sp³-hybridized carbons (Fsp3) is 0.333. The lowest BCUT2D eigenvalue weighted by Gasteiger charge is -2.25. The molecule has 1 amide bonds. The summed E-state index contributed by atoms with van der Waals surface area (Å²) in [6.07, 6.45) is 3.38. The molecule has 1 aliphatic heterocycles. The maximum absolute atomic E-state index is 12.2. The number of hydrogen-bond acceptors (Lipinski definition) is 7. The minimum atomic E-state index is -0.0842. The lowest BCUT2D eigenvalue weighted by atomic mass is 10.1. The molecular formula is C18H24N6O2. The van der Waals surface area contributed by atoms with E-state index in [-0.39, 0.29) is 5.91 Å². The van der Waals surface area contributed by atoms with E-state index >= 15 is 0 Å². The summed E-state index contributed by atoms with van der Waals surface area (Å²) in [6.45, 7) is 3.20. The summed E-state index contributed by atoms with van der Waals surface area (Å²) in [7, 11) is 1.71. The van der Waals surface area contributed by atoms with E-state index < -0.39 is 0 Å². The first kappa shape index (κ1) is 18.1. The molecule has 0 atom stereocenters. The number of morpholine rings is 1. The van der Waals surface area contributed by atoms with Gasteiger partial charge in [-0.3, -0.25) is 9.69 Å². The summed E-state index contributed by atoms with van der Waals surface area (Å²) in [5.74, 6) is 6.04. The van der Waals surface area contributed by atoms with Gasteiger partial charge in [-0.15, -0.1) is 0 Å². The monoisotopic (exact) mass is 356 g/mol. The first-order valence-electron chi connectivity index (χ1n) is 8.46. The molecule has 138 valence electrons. The average molecular weight is 356 g/mol. The SMILES string of the molecule is CN(N)/C=C(\N)c1ccc2cnc(NC(=O)CN3CCOCC3)cc2c1. The maximum Gasteiger partial charge on any atom is 0.239 e. The van der Waals surface area contributed by atoms with Gasteiger partial charge >= 0.3 is 0 Å². The third kappa shape index (κ3) is 4.69. The zero-order valence-corrected chi connectivity index (χ0v) is 14.8. The third-order valence-electron chi connectivity index (χ3n) is 4.14. The molecule has 26 heavy (non-hydrogen) atoms. The Hall–Kier alpha value is -2.68. The molecule has 1 fully saturated rings. The van der Waals surface area contributed by atoms with Crippen molar-refractivity contribution in [3.05, 3.63) is 42.2 Å². The van der Waals surface area contributed by atoms with Crippen LogP contribution in [0.15, 0.2) is 36.7 Å². The van der Waals surface area contributed by atoms with E-state index in [1.54, 1.807) is 19.4 Å². The van der Waals surface area contributed by atoms with E-state index in [9.17, 15) is 4.79 Å². The number of nitrogens with one attached hydrogen (secondary N) is 1. The summed E-state index contributed by atoms with van der Waals surface area (Å²) in [6, 6.07) is 7.64. The summed E-state index contributed by atoms with van der Waals surface area (Å²) in [4.78, 5) is 18.6. The van der Waals surface area contributed by atoms with Gasteiger partial charge in [0.2, 0.25) is 5.91 Å². The van der Waals surface area contributed by atoms with Crippen molar-refractivity contribution >= 4 is 28.2 Å². The fourth-order valence-corrected chi connectivity index (χ4v) is 2.83. The van der Waals surface area contributed by atoms with Crippen molar-refractivity contribution in [2.45, 2.75) is 0 Å². The first-order valence-corrected chi connectivity index (χ1v) is 8.46. The van der Waals surface area contributed by atoms with Gasteiger partial charge in [0.05, 0.1) is 25.5 Å². The number of carbonyl (C=O) groups is 1. The topological polar surface area (TPSA) is 110 Å². The Morgan fingerprint density at radius 1 is 1.35 bits per heavy atom. The highest BCUT2D eigenvalue weighted by molar-refractivity contribution is 5.94. The number of aromatic nitrogens is 1. The number of anilines is 1. The van der Waals surface area contributed by atoms with Crippen molar-refractivity contribution in [2.24, 2.45) is 11.6 Å². The largest absolute Gasteiger partial charge is 0.397 e. The van der Waals surface area contributed by atoms with Crippen LogP contribution in [0.1, 0.15) is 5.56 Å². The van der Waals surface area contributed by atoms with E-state index in [1.165, 1.54) is 5.01 Å². The Morgan fingerprint density at radius 2 is 2.12 bits per heavy atom. The minimum absolute atomic E-state index is 0.0842. The van der Waals surface area contributed by atoms with Gasteiger partial charge in [-0.2, -0.15) is 0 Å². The molecule has 0 radical (unpaired) electrons. The number of nitrogens with zero attached hydrogens (tertiary/aromatic N) is 3. The molecule has 1 aliphatic rings. The van der Waals surface area contributed by atoms with Gasteiger partial charge in [-0.05, 0) is 23.1 Å². The molecule has 0 unspecified atom stereocenters. The maximum atomic E-state index is 12.2. The summed E-state index contributed by atoms with van der Waals surface area (Å²) >= 11 is 0. The molecule has 0 saturated carbocycles. The van der Waals surface area contributed by atoms with Gasteiger partial charge in [-0.1, -0.05) is 12.1 Å². The van der Waals surface area contributed by atoms with Crippen LogP contribution in [0.4, 0.5) is 5.82 Å². The number of fused-ring (bicyclic) bond motifs is 1. The van der Waals surface area contributed by atoms with Crippen LogP contribution >= 0.6 is 0 Å². The summed E-state index contributed by atoms with van der Waals surface area (Å²) in [5.41, 5.74) is 7.46. The van der Waals surface area contributed by atoms with Crippen LogP contribution < -0.4 is 16.9 Å². The number of carbonyl (C=O) groups excluding carboxylic acids is 1. The van der Waals surface area contributed by atoms with Crippen molar-refractivity contribution in [1.82, 2.24) is 14.9 Å². The van der Waals surface area contributed by atoms with E-state index in [1.807, 2.05) is 24.3 Å². The molecule has 2 heterocycles. The number of hydrogen-bond donors (Lipinski definition) is 3. The predicted molar refractivity (Wildman–Crippen MR) is 102 cm³/mol. The molecular weight excluding hydrogens is 332 g/mol. The van der Waals surface area contributed by atoms with Gasteiger partial charge in [0.25, 0.3) is 0 Å². The zero-order valence-electron chi connectivity index (χ0n) is 14.8. The Bertz CT molecular complexity index is 814. The van der Waals surface area contributed by atoms with Crippen LogP contribution in [0.2, 0.25) is 0 Å². The second-order valence-electron chi connectivity index (χ2n) is 6.32. The van der Waals surface area contributed by atoms with Crippen LogP contribution in [0.5, 0.6) is 0 Å². The van der Waals surface area contributed by atoms with Crippen molar-refractivity contribution in [3.63, 3.8) is 0 Å². The highest BCUT2D eigenvalue weighted by Crippen LogP contribution is 2.21. The van der Waals surface area contributed by atoms with Crippen LogP contribution in [-0.4, -0.2) is 60.7 Å². The van der Waals surface area contributed by atoms with Crippen molar-refractivity contribution in [2.75, 3.05) is 45.2 Å². The highest BCUT2D eigenvalue weighted by atomic mass is 16.5. The fourth-order valence-electron chi connectivity index (χ4n) is 2.83. The van der Waals surface area contributed by atoms with Crippen LogP contribution in [0.3, 0.4) is 0 Å². The molecule has 1 aromatic heterocycles. The van der Waals surface area contributed by atoms with Crippen LogP contribution in [0, 0.1) is 0 Å². The van der Waals surface area contributed by atoms with Crippen LogP contribution in [0.25, 0.3) is 16.5 Å². The van der Waals surface area contributed by atoms with Gasteiger partial charge < -0.3 is 20.8 Å². The quantitative estimate of drug-likeness (QED) is 0.531. The lowest BCUT2D eigenvalue weighted by Crippen LogP contribution is -2.41. The van der Waals surface area contributed by atoms with Crippen molar-refractivity contribution in [3.8, 4) is 0 Å². The number of pyridine rings is 1. The number of nitrogens with two attached hydrogens (primary N) is 2. The Labute approximate surface area is 152 Å². The standard InChI is InChI=1S/C18H24N6O2/c1-23(20)11-16(19)13-2-3-14-10-21-17(9-15(14)8-13)22-18(25)12-24-4-6-26-7-5-24/h2-3,8-11H,4-7,12,19-20H2,1H3,(H,21,22,25)/b16-11-. The summed E-state index contributed by atoms with van der Waals surface area (Å²) in [5, 5.41) is 6.17. The van der Waals surface area contributed by atoms with Crippen molar-refractivity contribution in [1.29, 1.82) is 0 Å². The molecule has 2 aromatic rings. The van der Waals surface area contributed by atoms with Crippen molar-refractivity contribution < 1.29 is 9.53 Å². The second kappa shape index (κ2) is 8.13. The molecule has 8 nitrogen and oxygen atoms in total. The Balaban J connectivity index is 1.73. The molecule has 0 bridgehead atoms. The molecule has 0 aliphatic carbocycles. The van der Waals surface area contributed by atoms with E-state index in [2.05, 4.69) is 15.2 Å². The number of rotatable bonds is 5. The minimum Gasteiger partial charge on any atom is -0.397 e. The average Bonchev–Trinajstić information content (AvgIpc) is 2.61. The van der Waals surface area contributed by atoms with Crippen LogP contribution in [-0.2, 0) is 9.53 Å².